The molecule has 1 aromatic heterocycles. The molecular formula is C19H26N4O2. The van der Waals surface area contributed by atoms with Crippen molar-refractivity contribution in [2.45, 2.75) is 39.5 Å². The number of carbonyl (C=O) groups is 1. The Morgan fingerprint density at radius 1 is 1.36 bits per heavy atom. The Kier molecular flexibility index (Phi) is 5.38. The Hall–Kier alpha value is -2.34. The van der Waals surface area contributed by atoms with Gasteiger partial charge in [-0.05, 0) is 44.0 Å². The number of rotatable bonds is 5. The number of aryl methyl sites for hydroxylation is 1. The predicted octanol–water partition coefficient (Wildman–Crippen LogP) is 2.15. The van der Waals surface area contributed by atoms with Gasteiger partial charge in [0.05, 0.1) is 18.3 Å². The predicted molar refractivity (Wildman–Crippen MR) is 96.5 cm³/mol. The van der Waals surface area contributed by atoms with Gasteiger partial charge in [0.25, 0.3) is 0 Å². The van der Waals surface area contributed by atoms with Crippen molar-refractivity contribution in [1.29, 1.82) is 0 Å². The maximum Gasteiger partial charge on any atom is 0.244 e. The van der Waals surface area contributed by atoms with E-state index in [4.69, 9.17) is 4.74 Å². The summed E-state index contributed by atoms with van der Waals surface area (Å²) >= 11 is 0. The first-order valence-electron chi connectivity index (χ1n) is 8.79. The van der Waals surface area contributed by atoms with Crippen LogP contribution in [0.4, 0.5) is 0 Å². The average molecular weight is 342 g/mol. The molecule has 0 bridgehead atoms. The van der Waals surface area contributed by atoms with E-state index < -0.39 is 0 Å². The van der Waals surface area contributed by atoms with E-state index in [1.165, 1.54) is 0 Å². The number of nitrogens with one attached hydrogen (secondary N) is 1. The summed E-state index contributed by atoms with van der Waals surface area (Å²) in [4.78, 5) is 14.7. The first kappa shape index (κ1) is 17.5. The number of nitrogens with zero attached hydrogens (tertiary/aromatic N) is 3. The van der Waals surface area contributed by atoms with Crippen molar-refractivity contribution in [2.75, 3.05) is 19.6 Å². The van der Waals surface area contributed by atoms with Crippen LogP contribution in [0.15, 0.2) is 36.7 Å². The topological polar surface area (TPSA) is 59.4 Å². The molecule has 1 N–H and O–H groups in total. The van der Waals surface area contributed by atoms with Crippen molar-refractivity contribution in [2.24, 2.45) is 0 Å². The third-order valence-electron chi connectivity index (χ3n) is 4.26. The number of hydrogen-bond acceptors (Lipinski definition) is 4. The second kappa shape index (κ2) is 7.70. The maximum absolute atomic E-state index is 12.8. The summed E-state index contributed by atoms with van der Waals surface area (Å²) in [7, 11) is 0. The normalized spacial score (nSPS) is 17.8. The van der Waals surface area contributed by atoms with Crippen LogP contribution in [0.2, 0.25) is 0 Å². The molecule has 1 aliphatic rings. The first-order chi connectivity index (χ1) is 12.0. The second-order valence-electron chi connectivity index (χ2n) is 6.76. The molecule has 1 amide bonds. The molecule has 1 unspecified atom stereocenters. The molecule has 0 aliphatic carbocycles. The monoisotopic (exact) mass is 342 g/mol. The third-order valence-corrected chi connectivity index (χ3v) is 4.26. The number of benzene rings is 1. The molecule has 1 aromatic carbocycles. The Morgan fingerprint density at radius 2 is 2.12 bits per heavy atom. The van der Waals surface area contributed by atoms with E-state index >= 15 is 0 Å². The van der Waals surface area contributed by atoms with E-state index in [0.717, 1.165) is 30.0 Å². The lowest BCUT2D eigenvalue weighted by atomic mass is 10.0. The molecule has 6 nitrogen and oxygen atoms in total. The molecule has 2 aromatic rings. The zero-order valence-electron chi connectivity index (χ0n) is 15.1. The van der Waals surface area contributed by atoms with E-state index in [-0.39, 0.29) is 24.6 Å². The number of ether oxygens (including phenoxy) is 1. The summed E-state index contributed by atoms with van der Waals surface area (Å²) in [5, 5.41) is 7.61. The van der Waals surface area contributed by atoms with Crippen LogP contribution < -0.4 is 10.1 Å². The molecule has 6 heteroatoms. The lowest BCUT2D eigenvalue weighted by molar-refractivity contribution is -0.135. The summed E-state index contributed by atoms with van der Waals surface area (Å²) in [5.41, 5.74) is 2.18. The fourth-order valence-electron chi connectivity index (χ4n) is 3.12. The van der Waals surface area contributed by atoms with Gasteiger partial charge in [0.2, 0.25) is 5.91 Å². The van der Waals surface area contributed by atoms with Gasteiger partial charge in [-0.2, -0.15) is 5.10 Å². The lowest BCUT2D eigenvalue weighted by Gasteiger charge is -2.36. The minimum atomic E-state index is 0.0333. The van der Waals surface area contributed by atoms with Crippen LogP contribution in [0.25, 0.3) is 0 Å². The van der Waals surface area contributed by atoms with E-state index in [9.17, 15) is 4.79 Å². The Morgan fingerprint density at radius 3 is 2.76 bits per heavy atom. The van der Waals surface area contributed by atoms with Crippen LogP contribution in [0, 0.1) is 6.92 Å². The summed E-state index contributed by atoms with van der Waals surface area (Å²) < 4.78 is 7.41. The highest BCUT2D eigenvalue weighted by molar-refractivity contribution is 5.76. The number of hydrogen-bond donors (Lipinski definition) is 1. The average Bonchev–Trinajstić information content (AvgIpc) is 3.00. The highest BCUT2D eigenvalue weighted by atomic mass is 16.5. The molecule has 0 radical (unpaired) electrons. The largest absolute Gasteiger partial charge is 0.491 e. The number of amides is 1. The Bertz CT molecular complexity index is 708. The minimum absolute atomic E-state index is 0.0333. The molecule has 134 valence electrons. The van der Waals surface area contributed by atoms with Crippen molar-refractivity contribution in [3.05, 3.63) is 47.8 Å². The zero-order valence-corrected chi connectivity index (χ0v) is 15.1. The van der Waals surface area contributed by atoms with Crippen LogP contribution in [0.1, 0.15) is 31.0 Å². The summed E-state index contributed by atoms with van der Waals surface area (Å²) in [6.07, 6.45) is 3.82. The molecule has 1 aliphatic heterocycles. The molecule has 0 spiro atoms. The van der Waals surface area contributed by atoms with Gasteiger partial charge in [0, 0.05) is 25.8 Å². The first-order valence-corrected chi connectivity index (χ1v) is 8.79. The van der Waals surface area contributed by atoms with Gasteiger partial charge in [-0.25, -0.2) is 0 Å². The van der Waals surface area contributed by atoms with Crippen molar-refractivity contribution >= 4 is 5.91 Å². The highest BCUT2D eigenvalue weighted by Gasteiger charge is 2.28. The molecule has 1 fully saturated rings. The van der Waals surface area contributed by atoms with E-state index in [1.54, 1.807) is 10.9 Å². The molecule has 3 rings (SSSR count). The molecule has 1 saturated heterocycles. The standard InChI is InChI=1S/C19H26N4O2/c1-14(2)25-17-6-4-16(5-7-17)18-11-20-8-9-23(18)19(24)13-22-12-15(3)10-21-22/h4-7,10,12,14,18,20H,8-9,11,13H2,1-3H3. The summed E-state index contributed by atoms with van der Waals surface area (Å²) in [6.45, 7) is 8.55. The van der Waals surface area contributed by atoms with Crippen LogP contribution in [0.3, 0.4) is 0 Å². The fourth-order valence-corrected chi connectivity index (χ4v) is 3.12. The Labute approximate surface area is 148 Å². The van der Waals surface area contributed by atoms with Crippen LogP contribution in [-0.4, -0.2) is 46.3 Å². The van der Waals surface area contributed by atoms with Gasteiger partial charge in [-0.15, -0.1) is 0 Å². The maximum atomic E-state index is 12.8. The second-order valence-corrected chi connectivity index (χ2v) is 6.76. The van der Waals surface area contributed by atoms with Crippen molar-refractivity contribution in [3.8, 4) is 5.75 Å². The van der Waals surface area contributed by atoms with Crippen LogP contribution in [0.5, 0.6) is 5.75 Å². The number of aromatic nitrogens is 2. The minimum Gasteiger partial charge on any atom is -0.491 e. The van der Waals surface area contributed by atoms with Crippen molar-refractivity contribution in [1.82, 2.24) is 20.0 Å². The van der Waals surface area contributed by atoms with Crippen molar-refractivity contribution in [3.63, 3.8) is 0 Å². The quantitative estimate of drug-likeness (QED) is 0.904. The van der Waals surface area contributed by atoms with Gasteiger partial charge < -0.3 is 15.0 Å². The molecular weight excluding hydrogens is 316 g/mol. The third kappa shape index (κ3) is 4.39. The zero-order chi connectivity index (χ0) is 17.8. The van der Waals surface area contributed by atoms with Gasteiger partial charge in [-0.1, -0.05) is 12.1 Å². The van der Waals surface area contributed by atoms with Gasteiger partial charge in [-0.3, -0.25) is 9.48 Å². The lowest BCUT2D eigenvalue weighted by Crippen LogP contribution is -2.49. The van der Waals surface area contributed by atoms with Gasteiger partial charge >= 0.3 is 0 Å². The molecule has 0 saturated carbocycles. The van der Waals surface area contributed by atoms with Gasteiger partial charge in [0.15, 0.2) is 0 Å². The summed E-state index contributed by atoms with van der Waals surface area (Å²) in [6, 6.07) is 8.08. The molecule has 2 heterocycles. The fraction of sp³-hybridized carbons (Fsp3) is 0.474. The Balaban J connectivity index is 1.72. The summed E-state index contributed by atoms with van der Waals surface area (Å²) in [5.74, 6) is 0.949. The number of piperazine rings is 1. The van der Waals surface area contributed by atoms with Gasteiger partial charge in [0.1, 0.15) is 12.3 Å². The van der Waals surface area contributed by atoms with E-state index in [2.05, 4.69) is 10.4 Å². The highest BCUT2D eigenvalue weighted by Crippen LogP contribution is 2.25. The molecule has 25 heavy (non-hydrogen) atoms. The van der Waals surface area contributed by atoms with Crippen molar-refractivity contribution < 1.29 is 9.53 Å². The SMILES string of the molecule is Cc1cnn(CC(=O)N2CCNCC2c2ccc(OC(C)C)cc2)c1. The van der Waals surface area contributed by atoms with E-state index in [1.807, 2.05) is 56.1 Å². The molecule has 1 atom stereocenters. The van der Waals surface area contributed by atoms with Crippen LogP contribution in [-0.2, 0) is 11.3 Å². The smallest absolute Gasteiger partial charge is 0.244 e. The van der Waals surface area contributed by atoms with E-state index in [0.29, 0.717) is 6.54 Å². The number of carbonyl (C=O) groups excluding carboxylic acids is 1. The van der Waals surface area contributed by atoms with Crippen LogP contribution >= 0.6 is 0 Å².